The first-order chi connectivity index (χ1) is 42.6. The van der Waals surface area contributed by atoms with E-state index in [2.05, 4.69) is 196 Å². The Labute approximate surface area is 532 Å². The lowest BCUT2D eigenvalue weighted by Gasteiger charge is -2.25. The van der Waals surface area contributed by atoms with Gasteiger partial charge in [-0.3, -0.25) is 9.59 Å². The number of esters is 2. The number of carboxylic acid groups (broad SMARTS) is 1. The van der Waals surface area contributed by atoms with Gasteiger partial charge in [-0.15, -0.1) is 0 Å². The summed E-state index contributed by atoms with van der Waals surface area (Å²) in [5.74, 6) is -2.09. The monoisotopic (exact) mass is 1200 g/mol. The number of ether oxygens (including phenoxy) is 4. The first kappa shape index (κ1) is 81.4. The van der Waals surface area contributed by atoms with Crippen molar-refractivity contribution >= 4 is 17.9 Å². The molecule has 0 bridgehead atoms. The van der Waals surface area contributed by atoms with Crippen LogP contribution >= 0.6 is 0 Å². The highest BCUT2D eigenvalue weighted by atomic mass is 16.7. The number of aliphatic carboxylic acids is 1. The highest BCUT2D eigenvalue weighted by Crippen LogP contribution is 2.15. The fourth-order valence-corrected chi connectivity index (χ4v) is 8.54. The van der Waals surface area contributed by atoms with E-state index in [0.717, 1.165) is 128 Å². The third-order valence-corrected chi connectivity index (χ3v) is 13.7. The number of unbranched alkanes of at least 4 members (excludes halogenated alkanes) is 15. The molecule has 0 saturated carbocycles. The van der Waals surface area contributed by atoms with Crippen molar-refractivity contribution in [1.29, 1.82) is 0 Å². The Morgan fingerprint density at radius 1 is 0.345 bits per heavy atom. The Morgan fingerprint density at radius 3 is 0.943 bits per heavy atom. The Bertz CT molecular complexity index is 2080. The lowest BCUT2D eigenvalue weighted by Crippen LogP contribution is -2.40. The van der Waals surface area contributed by atoms with E-state index in [1.165, 1.54) is 70.6 Å². The first-order valence-electron chi connectivity index (χ1n) is 33.9. The lowest BCUT2D eigenvalue weighted by molar-refractivity contribution is -0.870. The molecule has 0 spiro atoms. The fraction of sp³-hybridized carbons (Fsp3) is 0.577. The van der Waals surface area contributed by atoms with Crippen LogP contribution in [-0.4, -0.2) is 87.4 Å². The largest absolute Gasteiger partial charge is 0.477 e. The second-order valence-corrected chi connectivity index (χ2v) is 23.0. The van der Waals surface area contributed by atoms with Gasteiger partial charge in [-0.25, -0.2) is 4.79 Å². The van der Waals surface area contributed by atoms with Gasteiger partial charge in [-0.1, -0.05) is 267 Å². The summed E-state index contributed by atoms with van der Waals surface area (Å²) in [5, 5.41) is 9.74. The molecule has 0 heterocycles. The van der Waals surface area contributed by atoms with Gasteiger partial charge < -0.3 is 28.5 Å². The van der Waals surface area contributed by atoms with Crippen molar-refractivity contribution in [3.8, 4) is 0 Å². The molecule has 0 aliphatic carbocycles. The van der Waals surface area contributed by atoms with Crippen molar-refractivity contribution in [3.63, 3.8) is 0 Å². The van der Waals surface area contributed by atoms with Gasteiger partial charge in [0.25, 0.3) is 6.29 Å². The molecule has 9 heteroatoms. The third-order valence-electron chi connectivity index (χ3n) is 13.7. The van der Waals surface area contributed by atoms with Gasteiger partial charge in [-0.05, 0) is 135 Å². The standard InChI is InChI=1S/C78H123NO8/c1-6-8-10-12-14-16-18-20-22-24-26-28-30-32-34-36-37-38-39-41-43-45-47-49-51-53-55-57-59-61-63-65-67-69-76(81)87-74(73-86-78(77(82)83)84-71-70-79(3,4)5)72-85-75(80)68-66-64-62-60-58-56-54-52-50-48-46-44-42-40-35-33-31-29-27-25-23-21-19-17-15-13-11-9-7-2/h8-11,14-17,20-23,26-29,32-35,37-38,41,43,47,49,53,55,59,61,74,78H,6-7,12-13,18-19,24-25,30-31,36,39-40,42,44-46,48,50-52,54,56-58,60,62-73H2,1-5H3/p+1/b10-8-,11-9-,16-14-,17-15-,22-20-,23-21-,28-26-,29-27-,34-32-,35-33-,38-37-,43-41-,49-47-,55-53-,61-59-. The summed E-state index contributed by atoms with van der Waals surface area (Å²) < 4.78 is 22.9. The molecule has 0 radical (unpaired) electrons. The van der Waals surface area contributed by atoms with Gasteiger partial charge in [0, 0.05) is 12.8 Å². The van der Waals surface area contributed by atoms with E-state index in [-0.39, 0.29) is 38.6 Å². The van der Waals surface area contributed by atoms with Crippen LogP contribution in [0.15, 0.2) is 182 Å². The van der Waals surface area contributed by atoms with Gasteiger partial charge in [0.1, 0.15) is 13.2 Å². The second-order valence-electron chi connectivity index (χ2n) is 23.0. The van der Waals surface area contributed by atoms with Crippen molar-refractivity contribution in [2.75, 3.05) is 47.5 Å². The molecule has 2 atom stereocenters. The van der Waals surface area contributed by atoms with E-state index >= 15 is 0 Å². The number of hydrogen-bond donors (Lipinski definition) is 1. The summed E-state index contributed by atoms with van der Waals surface area (Å²) in [6.45, 7) is 4.58. The molecule has 9 nitrogen and oxygen atoms in total. The number of carboxylic acids is 1. The number of nitrogens with zero attached hydrogens (tertiary/aromatic N) is 1. The summed E-state index contributed by atoms with van der Waals surface area (Å²) in [4.78, 5) is 37.6. The normalized spacial score (nSPS) is 13.9. The van der Waals surface area contributed by atoms with Crippen LogP contribution in [0.1, 0.15) is 232 Å². The van der Waals surface area contributed by atoms with Crippen LogP contribution < -0.4 is 0 Å². The van der Waals surface area contributed by atoms with E-state index in [1.54, 1.807) is 0 Å². The maximum atomic E-state index is 12.9. The molecule has 87 heavy (non-hydrogen) atoms. The highest BCUT2D eigenvalue weighted by molar-refractivity contribution is 5.71. The molecule has 0 amide bonds. The Morgan fingerprint density at radius 2 is 0.621 bits per heavy atom. The van der Waals surface area contributed by atoms with E-state index in [0.29, 0.717) is 17.4 Å². The molecular formula is C78H124NO8+. The maximum absolute atomic E-state index is 12.9. The lowest BCUT2D eigenvalue weighted by atomic mass is 10.0. The Hall–Kier alpha value is -5.61. The summed E-state index contributed by atoms with van der Waals surface area (Å²) >= 11 is 0. The highest BCUT2D eigenvalue weighted by Gasteiger charge is 2.25. The number of allylic oxidation sites excluding steroid dienone is 30. The predicted molar refractivity (Wildman–Crippen MR) is 372 cm³/mol. The van der Waals surface area contributed by atoms with Crippen molar-refractivity contribution in [1.82, 2.24) is 0 Å². The summed E-state index contributed by atoms with van der Waals surface area (Å²) in [7, 11) is 5.95. The number of likely N-dealkylation sites (N-methyl/N-ethyl adjacent to an activating group) is 1. The molecule has 0 saturated heterocycles. The molecule has 0 aliphatic rings. The van der Waals surface area contributed by atoms with Gasteiger partial charge in [0.05, 0.1) is 34.4 Å². The number of carbonyl (C=O) groups is 3. The molecular weight excluding hydrogens is 1080 g/mol. The van der Waals surface area contributed by atoms with Crippen LogP contribution in [0.3, 0.4) is 0 Å². The summed E-state index contributed by atoms with van der Waals surface area (Å²) in [6, 6.07) is 0. The smallest absolute Gasteiger partial charge is 0.361 e. The summed E-state index contributed by atoms with van der Waals surface area (Å²) in [5.41, 5.74) is 0. The molecule has 2 unspecified atom stereocenters. The minimum Gasteiger partial charge on any atom is -0.477 e. The van der Waals surface area contributed by atoms with Crippen molar-refractivity contribution in [2.24, 2.45) is 0 Å². The maximum Gasteiger partial charge on any atom is 0.361 e. The first-order valence-corrected chi connectivity index (χ1v) is 33.9. The van der Waals surface area contributed by atoms with Gasteiger partial charge in [0.2, 0.25) is 0 Å². The van der Waals surface area contributed by atoms with Gasteiger partial charge >= 0.3 is 17.9 Å². The average molecular weight is 1200 g/mol. The molecule has 0 aliphatic heterocycles. The Balaban J connectivity index is 4.30. The van der Waals surface area contributed by atoms with Crippen LogP contribution in [0.5, 0.6) is 0 Å². The zero-order valence-corrected chi connectivity index (χ0v) is 55.6. The quantitative estimate of drug-likeness (QED) is 0.0211. The zero-order chi connectivity index (χ0) is 63.3. The molecule has 0 rings (SSSR count). The molecule has 0 aromatic heterocycles. The number of carbonyl (C=O) groups excluding carboxylic acids is 2. The van der Waals surface area contributed by atoms with E-state index in [1.807, 2.05) is 21.1 Å². The minimum atomic E-state index is -1.54. The van der Waals surface area contributed by atoms with E-state index in [9.17, 15) is 19.5 Å². The van der Waals surface area contributed by atoms with Crippen LogP contribution in [0.25, 0.3) is 0 Å². The van der Waals surface area contributed by atoms with Crippen molar-refractivity contribution in [3.05, 3.63) is 182 Å². The second kappa shape index (κ2) is 66.3. The molecule has 488 valence electrons. The third kappa shape index (κ3) is 67.8. The van der Waals surface area contributed by atoms with Gasteiger partial charge in [-0.2, -0.15) is 0 Å². The molecule has 0 fully saturated rings. The van der Waals surface area contributed by atoms with Crippen LogP contribution in [0, 0.1) is 0 Å². The molecule has 1 N–H and O–H groups in total. The zero-order valence-electron chi connectivity index (χ0n) is 55.6. The van der Waals surface area contributed by atoms with E-state index < -0.39 is 24.3 Å². The van der Waals surface area contributed by atoms with Crippen LogP contribution in [0.2, 0.25) is 0 Å². The summed E-state index contributed by atoms with van der Waals surface area (Å²) in [6.07, 6.45) is 98.5. The molecule has 0 aromatic rings. The minimum absolute atomic E-state index is 0.169. The predicted octanol–water partition coefficient (Wildman–Crippen LogP) is 21.2. The Kier molecular flexibility index (Phi) is 62.1. The fourth-order valence-electron chi connectivity index (χ4n) is 8.54. The average Bonchev–Trinajstić information content (AvgIpc) is 3.59. The van der Waals surface area contributed by atoms with E-state index in [4.69, 9.17) is 18.9 Å². The molecule has 0 aromatic carbocycles. The number of rotatable bonds is 60. The SMILES string of the molecule is CC/C=C\C/C=C\C/C=C\C/C=C\C/C=C\C/C=C\C/C=C\C/C=C\C/C=C\C/C=C\CCCCC(=O)OC(COC(=O)CCCCCCCCCCCCCCC/C=C\C/C=C\C/C=C\C/C=C\C/C=C\CC)COC(OCC[N+](C)(C)C)C(=O)O. The van der Waals surface area contributed by atoms with Crippen molar-refractivity contribution in [2.45, 2.75) is 245 Å². The van der Waals surface area contributed by atoms with Crippen LogP contribution in [-0.2, 0) is 33.3 Å². The van der Waals surface area contributed by atoms with Crippen LogP contribution in [0.4, 0.5) is 0 Å². The number of hydrogen-bond acceptors (Lipinski definition) is 7. The number of quaternary nitrogens is 1. The topological polar surface area (TPSA) is 108 Å². The van der Waals surface area contributed by atoms with Gasteiger partial charge in [0.15, 0.2) is 6.10 Å². The van der Waals surface area contributed by atoms with Crippen molar-refractivity contribution < 1.29 is 42.9 Å².